The van der Waals surface area contributed by atoms with Crippen LogP contribution < -0.4 is 20.1 Å². The number of amides is 1. The molecule has 0 spiro atoms. The molecule has 11 nitrogen and oxygen atoms in total. The highest BCUT2D eigenvalue weighted by molar-refractivity contribution is 7.92. The molecule has 2 saturated heterocycles. The van der Waals surface area contributed by atoms with Crippen LogP contribution in [0.15, 0.2) is 48.8 Å². The minimum absolute atomic E-state index is 0.109. The van der Waals surface area contributed by atoms with Crippen LogP contribution in [0.1, 0.15) is 37.1 Å². The van der Waals surface area contributed by atoms with Crippen LogP contribution in [0.25, 0.3) is 33.6 Å². The van der Waals surface area contributed by atoms with Gasteiger partial charge >= 0.3 is 0 Å². The van der Waals surface area contributed by atoms with E-state index in [-0.39, 0.29) is 29.4 Å². The molecule has 2 aliphatic heterocycles. The molecule has 14 heteroatoms. The number of benzene rings is 2. The maximum atomic E-state index is 11.5. The molecule has 2 aliphatic rings. The molecule has 4 heterocycles. The van der Waals surface area contributed by atoms with E-state index in [0.717, 1.165) is 25.0 Å². The van der Waals surface area contributed by atoms with Crippen LogP contribution in [0.3, 0.4) is 0 Å². The summed E-state index contributed by atoms with van der Waals surface area (Å²) in [5.74, 6) is 1.43. The predicted octanol–water partition coefficient (Wildman–Crippen LogP) is 5.33. The highest BCUT2D eigenvalue weighted by atomic mass is 35.5. The van der Waals surface area contributed by atoms with Crippen molar-refractivity contribution in [3.05, 3.63) is 70.2 Å². The van der Waals surface area contributed by atoms with Crippen molar-refractivity contribution in [2.75, 3.05) is 32.3 Å². The van der Waals surface area contributed by atoms with Crippen molar-refractivity contribution in [3.63, 3.8) is 0 Å². The summed E-state index contributed by atoms with van der Waals surface area (Å²) in [5, 5.41) is 7.17. The molecular weight excluding hydrogens is 675 g/mol. The monoisotopic (exact) mass is 710 g/mol. The maximum absolute atomic E-state index is 11.5. The molecule has 1 atom stereocenters. The van der Waals surface area contributed by atoms with Crippen molar-refractivity contribution in [1.82, 2.24) is 30.6 Å². The molecule has 252 valence electrons. The lowest BCUT2D eigenvalue weighted by atomic mass is 9.98. The molecule has 0 radical (unpaired) electrons. The smallest absolute Gasteiger partial charge is 0.237 e. The number of rotatable bonds is 13. The minimum atomic E-state index is -2.87. The van der Waals surface area contributed by atoms with Crippen molar-refractivity contribution in [3.8, 4) is 45.4 Å². The van der Waals surface area contributed by atoms with Crippen molar-refractivity contribution in [2.24, 2.45) is 5.92 Å². The fourth-order valence-corrected chi connectivity index (χ4v) is 8.36. The first kappa shape index (κ1) is 34.0. The van der Waals surface area contributed by atoms with Crippen LogP contribution in [0.4, 0.5) is 0 Å². The third kappa shape index (κ3) is 7.57. The number of hydrogen-bond donors (Lipinski definition) is 2. The second-order valence-corrected chi connectivity index (χ2v) is 14.9. The molecule has 0 bridgehead atoms. The number of hydrogen-bond acceptors (Lipinski definition) is 10. The van der Waals surface area contributed by atoms with Crippen LogP contribution in [-0.4, -0.2) is 72.6 Å². The molecule has 2 aromatic heterocycles. The van der Waals surface area contributed by atoms with Crippen molar-refractivity contribution in [2.45, 2.75) is 44.7 Å². The van der Waals surface area contributed by atoms with Crippen molar-refractivity contribution in [1.29, 1.82) is 0 Å². The van der Waals surface area contributed by atoms with Gasteiger partial charge in [0.2, 0.25) is 17.7 Å². The fourth-order valence-electron chi connectivity index (χ4n) is 6.14. The van der Waals surface area contributed by atoms with Gasteiger partial charge in [0.25, 0.3) is 0 Å². The second kappa shape index (κ2) is 14.7. The summed E-state index contributed by atoms with van der Waals surface area (Å²) in [6.45, 7) is 0.961. The van der Waals surface area contributed by atoms with Gasteiger partial charge in [0, 0.05) is 47.8 Å². The minimum Gasteiger partial charge on any atom is -0.480 e. The first-order valence-electron chi connectivity index (χ1n) is 15.7. The number of nitrogens with one attached hydrogen (secondary N) is 2. The Kier molecular flexibility index (Phi) is 10.4. The van der Waals surface area contributed by atoms with Crippen LogP contribution in [0.2, 0.25) is 10.0 Å². The Morgan fingerprint density at radius 2 is 1.44 bits per heavy atom. The average Bonchev–Trinajstić information content (AvgIpc) is 3.49. The number of nitrogens with zero attached hydrogens (tertiary/aromatic N) is 4. The molecule has 2 N–H and O–H groups in total. The van der Waals surface area contributed by atoms with Gasteiger partial charge in [-0.15, -0.1) is 0 Å². The van der Waals surface area contributed by atoms with Gasteiger partial charge in [-0.1, -0.05) is 59.6 Å². The molecule has 2 aromatic carbocycles. The zero-order valence-electron chi connectivity index (χ0n) is 26.6. The number of carbonyl (C=O) groups excluding carboxylic acids is 1. The molecule has 6 rings (SSSR count). The van der Waals surface area contributed by atoms with Gasteiger partial charge in [-0.2, -0.15) is 0 Å². The Morgan fingerprint density at radius 3 is 1.98 bits per heavy atom. The number of aryl methyl sites for hydroxylation is 1. The molecular formula is C34H36Cl2N6O5S. The third-order valence-electron chi connectivity index (χ3n) is 8.61. The van der Waals surface area contributed by atoms with Crippen molar-refractivity contribution >= 4 is 38.9 Å². The van der Waals surface area contributed by atoms with E-state index >= 15 is 0 Å². The van der Waals surface area contributed by atoms with E-state index in [2.05, 4.69) is 25.6 Å². The molecule has 4 aromatic rings. The van der Waals surface area contributed by atoms with Gasteiger partial charge < -0.3 is 20.1 Å². The van der Waals surface area contributed by atoms with Gasteiger partial charge in [0.1, 0.15) is 11.4 Å². The van der Waals surface area contributed by atoms with E-state index in [1.54, 1.807) is 19.5 Å². The quantitative estimate of drug-likeness (QED) is 0.187. The van der Waals surface area contributed by atoms with Gasteiger partial charge in [0.05, 0.1) is 59.6 Å². The highest BCUT2D eigenvalue weighted by Gasteiger charge is 2.32. The summed E-state index contributed by atoms with van der Waals surface area (Å²) in [5.41, 5.74) is 5.21. The largest absolute Gasteiger partial charge is 0.480 e. The Morgan fingerprint density at radius 1 is 0.875 bits per heavy atom. The molecule has 0 saturated carbocycles. The summed E-state index contributed by atoms with van der Waals surface area (Å²) >= 11 is 14.1. The van der Waals surface area contributed by atoms with Gasteiger partial charge in [-0.3, -0.25) is 14.8 Å². The lowest BCUT2D eigenvalue weighted by Gasteiger charge is -2.25. The number of sulfone groups is 1. The van der Waals surface area contributed by atoms with E-state index in [0.29, 0.717) is 87.1 Å². The average molecular weight is 712 g/mol. The summed E-state index contributed by atoms with van der Waals surface area (Å²) in [6.07, 6.45) is 7.20. The molecule has 0 aliphatic carbocycles. The van der Waals surface area contributed by atoms with Crippen LogP contribution in [0, 0.1) is 5.92 Å². The van der Waals surface area contributed by atoms with Crippen LogP contribution in [0.5, 0.6) is 11.8 Å². The number of aromatic nitrogens is 4. The second-order valence-electron chi connectivity index (χ2n) is 12.0. The van der Waals surface area contributed by atoms with E-state index in [9.17, 15) is 13.2 Å². The lowest BCUT2D eigenvalue weighted by Crippen LogP contribution is -2.42. The lowest BCUT2D eigenvalue weighted by molar-refractivity contribution is -0.119. The number of carbonyl (C=O) groups is 1. The maximum Gasteiger partial charge on any atom is 0.237 e. The molecule has 2 fully saturated rings. The third-order valence-corrected chi connectivity index (χ3v) is 11.4. The Balaban J connectivity index is 1.20. The fraction of sp³-hybridized carbons (Fsp3) is 0.382. The van der Waals surface area contributed by atoms with E-state index in [4.69, 9.17) is 37.7 Å². The first-order chi connectivity index (χ1) is 23.2. The van der Waals surface area contributed by atoms with E-state index in [1.165, 1.54) is 7.11 Å². The molecule has 0 unspecified atom stereocenters. The van der Waals surface area contributed by atoms with Crippen LogP contribution in [-0.2, 0) is 27.6 Å². The highest BCUT2D eigenvalue weighted by Crippen LogP contribution is 2.42. The summed E-state index contributed by atoms with van der Waals surface area (Å²) in [6, 6.07) is 11.5. The summed E-state index contributed by atoms with van der Waals surface area (Å²) in [7, 11) is 0.234. The van der Waals surface area contributed by atoms with Crippen LogP contribution >= 0.6 is 23.2 Å². The van der Waals surface area contributed by atoms with Gasteiger partial charge in [-0.05, 0) is 31.6 Å². The van der Waals surface area contributed by atoms with E-state index < -0.39 is 9.84 Å². The first-order valence-corrected chi connectivity index (χ1v) is 18.3. The Hall–Kier alpha value is -3.84. The topological polar surface area (TPSA) is 145 Å². The normalized spacial score (nSPS) is 17.2. The number of halogens is 2. The summed E-state index contributed by atoms with van der Waals surface area (Å²) < 4.78 is 34.0. The molecule has 48 heavy (non-hydrogen) atoms. The SMILES string of the molecule is COc1nc(-c2cccc(-c3cccc(-c4cnc(CNCC5CS(=O)(=O)C5)c(OC)n4)c3Cl)c2Cl)cnc1CCC[C@@H]1CCC(=O)N1. The summed E-state index contributed by atoms with van der Waals surface area (Å²) in [4.78, 5) is 30.2. The zero-order valence-corrected chi connectivity index (χ0v) is 29.0. The zero-order chi connectivity index (χ0) is 33.8. The Labute approximate surface area is 289 Å². The molecule has 1 amide bonds. The standard InChI is InChI=1S/C34H36Cl2N6O5S/c1-46-33-26(11-3-6-21-12-13-30(43)40-21)38-16-27(41-33)24-9-4-7-22(31(24)35)23-8-5-10-25(32(23)36)28-17-39-29(34(42-28)47-2)15-37-14-20-18-48(44,45)19-20/h4-5,7-10,16-17,20-21,37H,3,6,11-15,18-19H2,1-2H3,(H,40,43)/t21-/m1/s1. The van der Waals surface area contributed by atoms with Gasteiger partial charge in [0.15, 0.2) is 9.84 Å². The van der Waals surface area contributed by atoms with E-state index in [1.807, 2.05) is 36.4 Å². The van der Waals surface area contributed by atoms with Crippen molar-refractivity contribution < 1.29 is 22.7 Å². The predicted molar refractivity (Wildman–Crippen MR) is 185 cm³/mol. The Bertz CT molecular complexity index is 1930. The number of methoxy groups -OCH3 is 2. The number of ether oxygens (including phenoxy) is 2. The van der Waals surface area contributed by atoms with Gasteiger partial charge in [-0.25, -0.2) is 18.4 Å².